The molecule has 0 saturated carbocycles. The highest BCUT2D eigenvalue weighted by Crippen LogP contribution is 2.21. The molecule has 12 heteroatoms. The zero-order valence-electron chi connectivity index (χ0n) is 20.2. The van der Waals surface area contributed by atoms with Gasteiger partial charge in [0.1, 0.15) is 17.8 Å². The quantitative estimate of drug-likeness (QED) is 0.361. The van der Waals surface area contributed by atoms with Crippen LogP contribution in [0, 0.1) is 10.1 Å². The first kappa shape index (κ1) is 26.6. The number of benzene rings is 1. The number of hydrogen-bond donors (Lipinski definition) is 2. The lowest BCUT2D eigenvalue weighted by Crippen LogP contribution is -2.49. The van der Waals surface area contributed by atoms with Gasteiger partial charge in [0, 0.05) is 48.1 Å². The molecule has 1 aromatic carbocycles. The van der Waals surface area contributed by atoms with Gasteiger partial charge in [0.05, 0.1) is 0 Å². The van der Waals surface area contributed by atoms with Gasteiger partial charge in [-0.2, -0.15) is 0 Å². The number of rotatable bonds is 7. The number of nitrogens with zero attached hydrogens (tertiary/aromatic N) is 3. The van der Waals surface area contributed by atoms with Gasteiger partial charge in [-0.15, -0.1) is 0 Å². The molecule has 2 heterocycles. The van der Waals surface area contributed by atoms with E-state index in [1.807, 2.05) is 0 Å². The third-order valence-electron chi connectivity index (χ3n) is 5.10. The summed E-state index contributed by atoms with van der Waals surface area (Å²) in [5, 5.41) is 14.6. The smallest absolute Gasteiger partial charge is 0.408 e. The van der Waals surface area contributed by atoms with Crippen molar-refractivity contribution in [3.63, 3.8) is 0 Å². The van der Waals surface area contributed by atoms with Gasteiger partial charge in [-0.05, 0) is 66.1 Å². The van der Waals surface area contributed by atoms with Crippen LogP contribution >= 0.6 is 11.6 Å². The number of fused-ring (bicyclic) bond motifs is 1. The lowest BCUT2D eigenvalue weighted by Gasteiger charge is -2.26. The number of carbonyl (C=O) groups excluding carboxylic acids is 2. The maximum Gasteiger partial charge on any atom is 0.408 e. The number of hydrogen-bond acceptors (Lipinski definition) is 7. The number of aromatic amines is 1. The molecule has 3 aromatic rings. The molecule has 2 amide bonds. The van der Waals surface area contributed by atoms with Crippen LogP contribution in [0.3, 0.4) is 0 Å². The molecule has 0 aliphatic rings. The van der Waals surface area contributed by atoms with Crippen LogP contribution in [0.1, 0.15) is 31.9 Å². The topological polar surface area (TPSA) is 148 Å². The molecule has 36 heavy (non-hydrogen) atoms. The Hall–Kier alpha value is -3.99. The van der Waals surface area contributed by atoms with Crippen molar-refractivity contribution in [3.8, 4) is 0 Å². The molecule has 3 rings (SSSR count). The number of aromatic nitrogens is 2. The summed E-state index contributed by atoms with van der Waals surface area (Å²) in [6.07, 6.45) is 0.495. The fourth-order valence-corrected chi connectivity index (χ4v) is 3.73. The van der Waals surface area contributed by atoms with Crippen LogP contribution in [0.4, 0.5) is 10.6 Å². The van der Waals surface area contributed by atoms with Crippen LogP contribution in [-0.2, 0) is 22.5 Å². The number of amides is 2. The van der Waals surface area contributed by atoms with E-state index in [0.717, 1.165) is 0 Å². The molecule has 11 nitrogen and oxygen atoms in total. The Morgan fingerprint density at radius 3 is 2.58 bits per heavy atom. The van der Waals surface area contributed by atoms with Gasteiger partial charge in [0.25, 0.3) is 0 Å². The van der Waals surface area contributed by atoms with E-state index in [1.165, 1.54) is 36.3 Å². The second-order valence-electron chi connectivity index (χ2n) is 9.23. The summed E-state index contributed by atoms with van der Waals surface area (Å²) in [6.45, 7) is 5.14. The number of halogens is 1. The first-order valence-corrected chi connectivity index (χ1v) is 11.4. The van der Waals surface area contributed by atoms with E-state index in [-0.39, 0.29) is 24.3 Å². The zero-order valence-corrected chi connectivity index (χ0v) is 21.0. The summed E-state index contributed by atoms with van der Waals surface area (Å²) >= 11 is 6.13. The van der Waals surface area contributed by atoms with Gasteiger partial charge in [-0.25, -0.2) is 4.79 Å². The number of nitrogens with one attached hydrogen (secondary N) is 2. The van der Waals surface area contributed by atoms with Crippen molar-refractivity contribution >= 4 is 40.3 Å². The molecule has 0 spiro atoms. The van der Waals surface area contributed by atoms with Crippen LogP contribution in [0.15, 0.2) is 47.4 Å². The Morgan fingerprint density at radius 1 is 1.25 bits per heavy atom. The van der Waals surface area contributed by atoms with Crippen LogP contribution in [0.2, 0.25) is 5.02 Å². The molecule has 0 radical (unpaired) electrons. The molecule has 2 aromatic heterocycles. The molecule has 0 bridgehead atoms. The minimum atomic E-state index is -1.06. The van der Waals surface area contributed by atoms with Crippen molar-refractivity contribution in [1.29, 1.82) is 0 Å². The molecule has 1 atom stereocenters. The van der Waals surface area contributed by atoms with Gasteiger partial charge < -0.3 is 30.1 Å². The second kappa shape index (κ2) is 10.7. The van der Waals surface area contributed by atoms with Crippen LogP contribution < -0.4 is 10.9 Å². The molecular formula is C24H26ClN5O6. The zero-order chi connectivity index (χ0) is 26.6. The molecule has 0 unspecified atom stereocenters. The van der Waals surface area contributed by atoms with Gasteiger partial charge >= 0.3 is 11.9 Å². The van der Waals surface area contributed by atoms with Gasteiger partial charge in [0.2, 0.25) is 11.5 Å². The number of ether oxygens (including phenoxy) is 1. The average molecular weight is 516 g/mol. The summed E-state index contributed by atoms with van der Waals surface area (Å²) in [5.41, 5.74) is 0.517. The summed E-state index contributed by atoms with van der Waals surface area (Å²) in [7, 11) is 1.54. The highest BCUT2D eigenvalue weighted by atomic mass is 35.5. The second-order valence-corrected chi connectivity index (χ2v) is 9.66. The number of carbonyl (C=O) groups is 2. The lowest BCUT2D eigenvalue weighted by atomic mass is 10.1. The van der Waals surface area contributed by atoms with Crippen LogP contribution in [-0.4, -0.2) is 50.5 Å². The average Bonchev–Trinajstić information content (AvgIpc) is 2.77. The Kier molecular flexibility index (Phi) is 7.93. The van der Waals surface area contributed by atoms with Gasteiger partial charge in [-0.3, -0.25) is 9.59 Å². The fourth-order valence-electron chi connectivity index (χ4n) is 3.56. The highest BCUT2D eigenvalue weighted by molar-refractivity contribution is 6.31. The molecular weight excluding hydrogens is 490 g/mol. The first-order valence-electron chi connectivity index (χ1n) is 11.0. The van der Waals surface area contributed by atoms with Crippen LogP contribution in [0.25, 0.3) is 10.9 Å². The van der Waals surface area contributed by atoms with Gasteiger partial charge in [0.15, 0.2) is 0 Å². The van der Waals surface area contributed by atoms with E-state index in [0.29, 0.717) is 27.1 Å². The largest absolute Gasteiger partial charge is 0.444 e. The molecule has 190 valence electrons. The van der Waals surface area contributed by atoms with Crippen LogP contribution in [0.5, 0.6) is 0 Å². The lowest BCUT2D eigenvalue weighted by molar-refractivity contribution is -0.389. The van der Waals surface area contributed by atoms with Gasteiger partial charge in [-0.1, -0.05) is 11.6 Å². The summed E-state index contributed by atoms with van der Waals surface area (Å²) in [5.74, 6) is -0.798. The van der Waals surface area contributed by atoms with Crippen molar-refractivity contribution < 1.29 is 19.2 Å². The maximum absolute atomic E-state index is 13.4. The van der Waals surface area contributed by atoms with Crippen molar-refractivity contribution in [2.45, 2.75) is 45.4 Å². The molecule has 0 fully saturated rings. The third-order valence-corrected chi connectivity index (χ3v) is 5.33. The van der Waals surface area contributed by atoms with E-state index < -0.39 is 28.6 Å². The Balaban J connectivity index is 1.87. The monoisotopic (exact) mass is 515 g/mol. The Morgan fingerprint density at radius 2 is 1.97 bits per heavy atom. The highest BCUT2D eigenvalue weighted by Gasteiger charge is 2.28. The summed E-state index contributed by atoms with van der Waals surface area (Å²) in [4.78, 5) is 56.2. The Labute approximate surface area is 211 Å². The summed E-state index contributed by atoms with van der Waals surface area (Å²) in [6, 6.07) is 8.04. The fraction of sp³-hybridized carbons (Fsp3) is 0.333. The van der Waals surface area contributed by atoms with Crippen molar-refractivity contribution in [2.75, 3.05) is 7.05 Å². The van der Waals surface area contributed by atoms with Crippen molar-refractivity contribution in [1.82, 2.24) is 20.2 Å². The predicted molar refractivity (Wildman–Crippen MR) is 134 cm³/mol. The standard InChI is InChI=1S/C24H26ClN5O6/c1-24(2,3)36-23(33)28-19(9-14-5-8-20(26-12-14)30(34)35)22(32)29(4)13-15-10-21(31)27-18-7-6-16(25)11-17(15)18/h5-8,10-12,19H,9,13H2,1-4H3,(H,27,31)(H,28,33)/t19-/m0/s1. The van der Waals surface area contributed by atoms with Crippen molar-refractivity contribution in [2.24, 2.45) is 0 Å². The predicted octanol–water partition coefficient (Wildman–Crippen LogP) is 3.58. The minimum Gasteiger partial charge on any atom is -0.444 e. The molecule has 2 N–H and O–H groups in total. The normalized spacial score (nSPS) is 12.1. The molecule has 0 aliphatic carbocycles. The van der Waals surface area contributed by atoms with Crippen molar-refractivity contribution in [3.05, 3.63) is 79.2 Å². The Bertz CT molecular complexity index is 1350. The van der Waals surface area contributed by atoms with E-state index in [2.05, 4.69) is 15.3 Å². The summed E-state index contributed by atoms with van der Waals surface area (Å²) < 4.78 is 5.31. The van der Waals surface area contributed by atoms with E-state index in [1.54, 1.807) is 39.0 Å². The number of alkyl carbamates (subject to hydrolysis) is 1. The number of nitro groups is 1. The van der Waals surface area contributed by atoms with E-state index >= 15 is 0 Å². The number of pyridine rings is 2. The number of H-pyrrole nitrogens is 1. The first-order chi connectivity index (χ1) is 16.8. The maximum atomic E-state index is 13.4. The number of likely N-dealkylation sites (N-methyl/N-ethyl adjacent to an activating group) is 1. The molecule has 0 saturated heterocycles. The SMILES string of the molecule is CN(Cc1cc(=O)[nH]c2ccc(Cl)cc12)C(=O)[C@H](Cc1ccc([N+](=O)[O-])nc1)NC(=O)OC(C)(C)C. The van der Waals surface area contributed by atoms with E-state index in [4.69, 9.17) is 16.3 Å². The molecule has 0 aliphatic heterocycles. The third kappa shape index (κ3) is 7.01. The van der Waals surface area contributed by atoms with E-state index in [9.17, 15) is 24.5 Å². The minimum absolute atomic E-state index is 0.00929.